The highest BCUT2D eigenvalue weighted by molar-refractivity contribution is 5.43. The van der Waals surface area contributed by atoms with E-state index in [1.807, 2.05) is 26.8 Å². The Morgan fingerprint density at radius 3 is 2.47 bits per heavy atom. The molecule has 0 bridgehead atoms. The Morgan fingerprint density at radius 2 is 1.89 bits per heavy atom. The second kappa shape index (κ2) is 7.39. The van der Waals surface area contributed by atoms with Gasteiger partial charge in [-0.15, -0.1) is 0 Å². The van der Waals surface area contributed by atoms with Crippen LogP contribution in [0.3, 0.4) is 0 Å². The third kappa shape index (κ3) is 5.97. The van der Waals surface area contributed by atoms with Crippen LogP contribution in [-0.4, -0.2) is 18.8 Å². The molecule has 0 spiro atoms. The van der Waals surface area contributed by atoms with Crippen LogP contribution < -0.4 is 15.2 Å². The molecule has 0 unspecified atom stereocenters. The van der Waals surface area contributed by atoms with E-state index in [0.29, 0.717) is 13.2 Å². The van der Waals surface area contributed by atoms with Crippen molar-refractivity contribution in [3.05, 3.63) is 23.8 Å². The van der Waals surface area contributed by atoms with E-state index >= 15 is 0 Å². The first kappa shape index (κ1) is 15.8. The van der Waals surface area contributed by atoms with E-state index in [2.05, 4.69) is 19.1 Å². The number of hydrogen-bond donors (Lipinski definition) is 1. The van der Waals surface area contributed by atoms with Gasteiger partial charge in [0.2, 0.25) is 0 Å². The highest BCUT2D eigenvalue weighted by Crippen LogP contribution is 2.32. The largest absolute Gasteiger partial charge is 0.490 e. The lowest BCUT2D eigenvalue weighted by molar-refractivity contribution is 0.123. The monoisotopic (exact) mass is 265 g/mol. The number of nitrogens with two attached hydrogens (primary N) is 1. The van der Waals surface area contributed by atoms with E-state index in [0.717, 1.165) is 30.8 Å². The Kier molecular flexibility index (Phi) is 6.16. The highest BCUT2D eigenvalue weighted by atomic mass is 16.5. The van der Waals surface area contributed by atoms with Gasteiger partial charge in [0.15, 0.2) is 11.5 Å². The van der Waals surface area contributed by atoms with Crippen LogP contribution >= 0.6 is 0 Å². The summed E-state index contributed by atoms with van der Waals surface area (Å²) < 4.78 is 11.7. The molecule has 0 aromatic heterocycles. The Bertz CT molecular complexity index is 383. The lowest BCUT2D eigenvalue weighted by Gasteiger charge is -2.23. The van der Waals surface area contributed by atoms with Gasteiger partial charge in [-0.2, -0.15) is 0 Å². The van der Waals surface area contributed by atoms with E-state index in [4.69, 9.17) is 15.2 Å². The third-order valence-corrected chi connectivity index (χ3v) is 2.57. The summed E-state index contributed by atoms with van der Waals surface area (Å²) in [6.45, 7) is 9.58. The lowest BCUT2D eigenvalue weighted by atomic mass is 10.1. The number of ether oxygens (including phenoxy) is 2. The van der Waals surface area contributed by atoms with Gasteiger partial charge in [-0.3, -0.25) is 0 Å². The van der Waals surface area contributed by atoms with Crippen molar-refractivity contribution >= 4 is 0 Å². The summed E-state index contributed by atoms with van der Waals surface area (Å²) in [4.78, 5) is 0. The predicted octanol–water partition coefficient (Wildman–Crippen LogP) is 3.54. The standard InChI is InChI=1S/C16H27NO2/c1-5-7-13-8-9-14(18-11-6-10-17)15(12-13)19-16(2,3)4/h8-9,12H,5-7,10-11,17H2,1-4H3. The van der Waals surface area contributed by atoms with Gasteiger partial charge in [0, 0.05) is 0 Å². The van der Waals surface area contributed by atoms with Gasteiger partial charge in [0.05, 0.1) is 6.61 Å². The zero-order valence-electron chi connectivity index (χ0n) is 12.7. The molecule has 3 nitrogen and oxygen atoms in total. The molecule has 0 heterocycles. The van der Waals surface area contributed by atoms with Crippen molar-refractivity contribution in [2.75, 3.05) is 13.2 Å². The fourth-order valence-corrected chi connectivity index (χ4v) is 1.79. The molecule has 2 N–H and O–H groups in total. The molecule has 0 radical (unpaired) electrons. The van der Waals surface area contributed by atoms with Crippen molar-refractivity contribution in [2.45, 2.75) is 52.6 Å². The maximum atomic E-state index is 5.99. The first-order valence-electron chi connectivity index (χ1n) is 7.11. The molecular weight excluding hydrogens is 238 g/mol. The Balaban J connectivity index is 2.87. The minimum atomic E-state index is -0.225. The van der Waals surface area contributed by atoms with Gasteiger partial charge in [0.1, 0.15) is 5.60 Å². The third-order valence-electron chi connectivity index (χ3n) is 2.57. The molecule has 3 heteroatoms. The van der Waals surface area contributed by atoms with E-state index in [9.17, 15) is 0 Å². The topological polar surface area (TPSA) is 44.5 Å². The van der Waals surface area contributed by atoms with Crippen LogP contribution in [0, 0.1) is 0 Å². The molecule has 108 valence electrons. The average Bonchev–Trinajstić information content (AvgIpc) is 2.30. The van der Waals surface area contributed by atoms with Gasteiger partial charge < -0.3 is 15.2 Å². The van der Waals surface area contributed by atoms with E-state index in [1.54, 1.807) is 0 Å². The van der Waals surface area contributed by atoms with Crippen LogP contribution in [0.25, 0.3) is 0 Å². The van der Waals surface area contributed by atoms with Crippen LogP contribution in [0.1, 0.15) is 46.1 Å². The molecule has 1 aromatic carbocycles. The quantitative estimate of drug-likeness (QED) is 0.767. The summed E-state index contributed by atoms with van der Waals surface area (Å²) in [5.74, 6) is 1.64. The summed E-state index contributed by atoms with van der Waals surface area (Å²) in [7, 11) is 0. The molecule has 0 fully saturated rings. The molecule has 0 saturated carbocycles. The molecule has 1 aromatic rings. The molecule has 0 aliphatic carbocycles. The number of aryl methyl sites for hydroxylation is 1. The maximum absolute atomic E-state index is 5.99. The summed E-state index contributed by atoms with van der Waals surface area (Å²) in [6, 6.07) is 6.20. The van der Waals surface area contributed by atoms with Crippen molar-refractivity contribution in [1.29, 1.82) is 0 Å². The zero-order valence-corrected chi connectivity index (χ0v) is 12.7. The van der Waals surface area contributed by atoms with Crippen molar-refractivity contribution in [3.63, 3.8) is 0 Å². The number of benzene rings is 1. The van der Waals surface area contributed by atoms with Gasteiger partial charge in [0.25, 0.3) is 0 Å². The lowest BCUT2D eigenvalue weighted by Crippen LogP contribution is -2.23. The number of hydrogen-bond acceptors (Lipinski definition) is 3. The van der Waals surface area contributed by atoms with E-state index < -0.39 is 0 Å². The van der Waals surface area contributed by atoms with Crippen LogP contribution in [0.15, 0.2) is 18.2 Å². The molecule has 1 rings (SSSR count). The van der Waals surface area contributed by atoms with Crippen LogP contribution in [-0.2, 0) is 6.42 Å². The van der Waals surface area contributed by atoms with Crippen molar-refractivity contribution in [3.8, 4) is 11.5 Å². The minimum absolute atomic E-state index is 0.225. The smallest absolute Gasteiger partial charge is 0.162 e. The normalized spacial score (nSPS) is 11.4. The van der Waals surface area contributed by atoms with Crippen LogP contribution in [0.4, 0.5) is 0 Å². The minimum Gasteiger partial charge on any atom is -0.490 e. The Hall–Kier alpha value is -1.22. The molecule has 0 saturated heterocycles. The molecule has 0 atom stereocenters. The van der Waals surface area contributed by atoms with E-state index in [-0.39, 0.29) is 5.60 Å². The zero-order chi connectivity index (χ0) is 14.3. The second-order valence-corrected chi connectivity index (χ2v) is 5.74. The van der Waals surface area contributed by atoms with Gasteiger partial charge in [-0.05, 0) is 57.9 Å². The molecule has 0 aliphatic rings. The first-order valence-corrected chi connectivity index (χ1v) is 7.11. The van der Waals surface area contributed by atoms with E-state index in [1.165, 1.54) is 5.56 Å². The van der Waals surface area contributed by atoms with Gasteiger partial charge in [-0.1, -0.05) is 19.4 Å². The summed E-state index contributed by atoms with van der Waals surface area (Å²) in [5, 5.41) is 0. The summed E-state index contributed by atoms with van der Waals surface area (Å²) in [5.41, 5.74) is 6.54. The maximum Gasteiger partial charge on any atom is 0.162 e. The first-order chi connectivity index (χ1) is 8.96. The van der Waals surface area contributed by atoms with Gasteiger partial charge in [-0.25, -0.2) is 0 Å². The Morgan fingerprint density at radius 1 is 1.16 bits per heavy atom. The molecular formula is C16H27NO2. The van der Waals surface area contributed by atoms with Gasteiger partial charge >= 0.3 is 0 Å². The Labute approximate surface area is 117 Å². The fourth-order valence-electron chi connectivity index (χ4n) is 1.79. The predicted molar refractivity (Wildman–Crippen MR) is 80.0 cm³/mol. The molecule has 19 heavy (non-hydrogen) atoms. The fraction of sp³-hybridized carbons (Fsp3) is 0.625. The second-order valence-electron chi connectivity index (χ2n) is 5.74. The summed E-state index contributed by atoms with van der Waals surface area (Å²) >= 11 is 0. The van der Waals surface area contributed by atoms with Crippen molar-refractivity contribution in [2.24, 2.45) is 5.73 Å². The number of rotatable bonds is 7. The SMILES string of the molecule is CCCc1ccc(OCCCN)c(OC(C)(C)C)c1. The van der Waals surface area contributed by atoms with Crippen LogP contribution in [0.2, 0.25) is 0 Å². The molecule has 0 aliphatic heterocycles. The molecule has 0 amide bonds. The van der Waals surface area contributed by atoms with Crippen molar-refractivity contribution < 1.29 is 9.47 Å². The summed E-state index contributed by atoms with van der Waals surface area (Å²) in [6.07, 6.45) is 3.04. The van der Waals surface area contributed by atoms with Crippen molar-refractivity contribution in [1.82, 2.24) is 0 Å². The highest BCUT2D eigenvalue weighted by Gasteiger charge is 2.16. The van der Waals surface area contributed by atoms with Crippen LogP contribution in [0.5, 0.6) is 11.5 Å². The average molecular weight is 265 g/mol.